The van der Waals surface area contributed by atoms with Gasteiger partial charge in [-0.25, -0.2) is 9.97 Å². The van der Waals surface area contributed by atoms with Gasteiger partial charge in [0, 0.05) is 46.9 Å². The maximum atomic E-state index is 4.62. The minimum atomic E-state index is 0.915. The van der Waals surface area contributed by atoms with Gasteiger partial charge in [-0.2, -0.15) is 0 Å². The molecule has 4 aromatic rings. The summed E-state index contributed by atoms with van der Waals surface area (Å²) in [5.74, 6) is 0. The summed E-state index contributed by atoms with van der Waals surface area (Å²) in [4.78, 5) is 23.5. The van der Waals surface area contributed by atoms with Crippen LogP contribution in [0.15, 0.2) is 73.3 Å². The standard InChI is InChI=1S/C20H14N4.C4H4N2/c1-2-14-10-16-5-6-18(23-16)12-20-8-7-19(24-20)11-17-4-3-15(22-17)9-13(1)21-14;1-2-6-4-3-5-1/h1-12,21-22H;1-4H. The van der Waals surface area contributed by atoms with Crippen LogP contribution >= 0.6 is 0 Å². The largest absolute Gasteiger partial charge is 0.355 e. The number of nitrogens with one attached hydrogen (secondary N) is 2. The lowest BCUT2D eigenvalue weighted by molar-refractivity contribution is 1.20. The van der Waals surface area contributed by atoms with Gasteiger partial charge in [0.05, 0.1) is 22.8 Å². The van der Waals surface area contributed by atoms with Gasteiger partial charge in [0.2, 0.25) is 0 Å². The number of nitrogens with zero attached hydrogens (tertiary/aromatic N) is 4. The minimum absolute atomic E-state index is 0.915. The molecule has 2 aliphatic heterocycles. The highest BCUT2D eigenvalue weighted by atomic mass is 14.8. The Hall–Kier alpha value is -4.32. The molecule has 144 valence electrons. The number of aromatic nitrogens is 6. The Morgan fingerprint density at radius 1 is 0.433 bits per heavy atom. The number of H-pyrrole nitrogens is 2. The fraction of sp³-hybridized carbons (Fsp3) is 0. The number of fused-ring (bicyclic) bond motifs is 8. The molecule has 0 atom stereocenters. The van der Waals surface area contributed by atoms with Gasteiger partial charge in [-0.05, 0) is 72.8 Å². The first kappa shape index (κ1) is 17.8. The molecule has 0 spiro atoms. The highest BCUT2D eigenvalue weighted by Crippen LogP contribution is 2.17. The van der Waals surface area contributed by atoms with Crippen molar-refractivity contribution in [3.05, 3.63) is 96.1 Å². The Morgan fingerprint density at radius 2 is 0.800 bits per heavy atom. The number of hydrogen-bond donors (Lipinski definition) is 2. The SMILES string of the molecule is C1=Cc2cc3ccc(cc4ccc(cc5nc(cc1n2)C=C5)[nH]4)[nH]3.c1cnccn1. The van der Waals surface area contributed by atoms with Gasteiger partial charge in [-0.3, -0.25) is 9.97 Å². The van der Waals surface area contributed by atoms with Crippen LogP contribution in [0.3, 0.4) is 0 Å². The Balaban J connectivity index is 0.000000279. The average Bonchev–Trinajstić information content (AvgIpc) is 3.56. The maximum absolute atomic E-state index is 4.62. The molecule has 8 bridgehead atoms. The molecule has 0 fully saturated rings. The van der Waals surface area contributed by atoms with Crippen molar-refractivity contribution in [2.45, 2.75) is 0 Å². The smallest absolute Gasteiger partial charge is 0.0659 e. The first-order valence-corrected chi connectivity index (χ1v) is 9.55. The molecule has 2 N–H and O–H groups in total. The van der Waals surface area contributed by atoms with Gasteiger partial charge >= 0.3 is 0 Å². The van der Waals surface area contributed by atoms with Crippen LogP contribution in [0, 0.1) is 0 Å². The third kappa shape index (κ3) is 4.23. The van der Waals surface area contributed by atoms with Crippen molar-refractivity contribution in [3.8, 4) is 0 Å². The van der Waals surface area contributed by atoms with Crippen molar-refractivity contribution >= 4 is 46.4 Å². The quantitative estimate of drug-likeness (QED) is 0.376. The van der Waals surface area contributed by atoms with Crippen LogP contribution in [-0.2, 0) is 0 Å². The Labute approximate surface area is 172 Å². The van der Waals surface area contributed by atoms with E-state index in [0.29, 0.717) is 0 Å². The van der Waals surface area contributed by atoms with Gasteiger partial charge in [0.25, 0.3) is 0 Å². The zero-order valence-electron chi connectivity index (χ0n) is 16.0. The molecule has 2 aliphatic rings. The Bertz CT molecular complexity index is 1280. The van der Waals surface area contributed by atoms with Crippen LogP contribution in [0.1, 0.15) is 22.8 Å². The maximum Gasteiger partial charge on any atom is 0.0659 e. The van der Waals surface area contributed by atoms with Crippen molar-refractivity contribution in [2.75, 3.05) is 0 Å². The molecule has 0 saturated heterocycles. The van der Waals surface area contributed by atoms with Crippen molar-refractivity contribution in [1.29, 1.82) is 0 Å². The van der Waals surface area contributed by atoms with Crippen LogP contribution in [0.25, 0.3) is 46.4 Å². The van der Waals surface area contributed by atoms with E-state index in [2.05, 4.69) is 60.2 Å². The van der Waals surface area contributed by atoms with E-state index in [1.54, 1.807) is 24.8 Å². The van der Waals surface area contributed by atoms with Gasteiger partial charge in [0.1, 0.15) is 0 Å². The van der Waals surface area contributed by atoms with E-state index >= 15 is 0 Å². The van der Waals surface area contributed by atoms with E-state index in [1.165, 1.54) is 0 Å². The summed E-state index contributed by atoms with van der Waals surface area (Å²) in [7, 11) is 0. The first-order chi connectivity index (χ1) is 14.8. The highest BCUT2D eigenvalue weighted by Gasteiger charge is 2.02. The van der Waals surface area contributed by atoms with E-state index in [4.69, 9.17) is 0 Å². The Morgan fingerprint density at radius 3 is 1.20 bits per heavy atom. The molecular weight excluding hydrogens is 372 g/mol. The minimum Gasteiger partial charge on any atom is -0.355 e. The van der Waals surface area contributed by atoms with Gasteiger partial charge in [-0.1, -0.05) is 0 Å². The van der Waals surface area contributed by atoms with E-state index < -0.39 is 0 Å². The van der Waals surface area contributed by atoms with E-state index in [9.17, 15) is 0 Å². The second kappa shape index (κ2) is 7.97. The summed E-state index contributed by atoms with van der Waals surface area (Å²) in [6.07, 6.45) is 14.6. The van der Waals surface area contributed by atoms with Crippen molar-refractivity contribution in [2.24, 2.45) is 0 Å². The van der Waals surface area contributed by atoms with Crippen molar-refractivity contribution in [3.63, 3.8) is 0 Å². The van der Waals surface area contributed by atoms with E-state index in [0.717, 1.165) is 44.8 Å². The third-order valence-corrected chi connectivity index (χ3v) is 4.52. The molecule has 4 aromatic heterocycles. The predicted molar refractivity (Wildman–Crippen MR) is 121 cm³/mol. The molecule has 0 aromatic carbocycles. The summed E-state index contributed by atoms with van der Waals surface area (Å²) >= 11 is 0. The lowest BCUT2D eigenvalue weighted by Crippen LogP contribution is -1.77. The molecular formula is C24H18N6. The summed E-state index contributed by atoms with van der Waals surface area (Å²) in [5.41, 5.74) is 7.86. The second-order valence-electron chi connectivity index (χ2n) is 6.80. The molecule has 6 nitrogen and oxygen atoms in total. The first-order valence-electron chi connectivity index (χ1n) is 9.55. The summed E-state index contributed by atoms with van der Waals surface area (Å²) in [6.45, 7) is 0. The van der Waals surface area contributed by atoms with Crippen molar-refractivity contribution < 1.29 is 0 Å². The molecule has 6 rings (SSSR count). The van der Waals surface area contributed by atoms with Crippen LogP contribution in [-0.4, -0.2) is 29.9 Å². The molecule has 30 heavy (non-hydrogen) atoms. The fourth-order valence-corrected chi connectivity index (χ4v) is 3.20. The van der Waals surface area contributed by atoms with Gasteiger partial charge < -0.3 is 9.97 Å². The normalized spacial score (nSPS) is 11.7. The topological polar surface area (TPSA) is 83.1 Å². The third-order valence-electron chi connectivity index (χ3n) is 4.52. The number of rotatable bonds is 0. The number of aromatic amines is 2. The summed E-state index contributed by atoms with van der Waals surface area (Å²) < 4.78 is 0. The summed E-state index contributed by atoms with van der Waals surface area (Å²) in [6, 6.07) is 16.4. The average molecular weight is 390 g/mol. The van der Waals surface area contributed by atoms with Crippen LogP contribution in [0.4, 0.5) is 0 Å². The predicted octanol–water partition coefficient (Wildman–Crippen LogP) is 5.13. The van der Waals surface area contributed by atoms with E-state index in [-0.39, 0.29) is 0 Å². The highest BCUT2D eigenvalue weighted by molar-refractivity contribution is 5.77. The van der Waals surface area contributed by atoms with Crippen LogP contribution in [0.5, 0.6) is 0 Å². The fourth-order valence-electron chi connectivity index (χ4n) is 3.20. The monoisotopic (exact) mass is 390 g/mol. The molecule has 0 radical (unpaired) electrons. The molecule has 0 aliphatic carbocycles. The van der Waals surface area contributed by atoms with Crippen LogP contribution < -0.4 is 0 Å². The summed E-state index contributed by atoms with van der Waals surface area (Å²) in [5, 5.41) is 0. The van der Waals surface area contributed by atoms with Crippen LogP contribution in [0.2, 0.25) is 0 Å². The lowest BCUT2D eigenvalue weighted by atomic mass is 10.3. The van der Waals surface area contributed by atoms with Crippen molar-refractivity contribution in [1.82, 2.24) is 29.9 Å². The molecule has 0 unspecified atom stereocenters. The zero-order chi connectivity index (χ0) is 20.2. The van der Waals surface area contributed by atoms with Gasteiger partial charge in [0.15, 0.2) is 0 Å². The second-order valence-corrected chi connectivity index (χ2v) is 6.80. The van der Waals surface area contributed by atoms with E-state index in [1.807, 2.05) is 42.5 Å². The van der Waals surface area contributed by atoms with Gasteiger partial charge in [-0.15, -0.1) is 0 Å². The lowest BCUT2D eigenvalue weighted by Gasteiger charge is -1.86. The molecule has 6 heterocycles. The zero-order valence-corrected chi connectivity index (χ0v) is 16.0. The molecule has 0 saturated carbocycles. The molecule has 6 heteroatoms. The number of hydrogen-bond acceptors (Lipinski definition) is 4. The molecule has 0 amide bonds. The Kier molecular flexibility index (Phi) is 4.72.